The number of nitriles is 1. The normalized spacial score (nSPS) is 15.4. The van der Waals surface area contributed by atoms with E-state index in [0.29, 0.717) is 37.9 Å². The first-order valence-corrected chi connectivity index (χ1v) is 10.0. The van der Waals surface area contributed by atoms with Gasteiger partial charge in [0.1, 0.15) is 11.6 Å². The molecular formula is C21H16BrClN4O3. The Hall–Kier alpha value is -3.15. The third-order valence-corrected chi connectivity index (χ3v) is 5.73. The van der Waals surface area contributed by atoms with Gasteiger partial charge in [-0.3, -0.25) is 0 Å². The van der Waals surface area contributed by atoms with Crippen LogP contribution in [0.2, 0.25) is 5.02 Å². The van der Waals surface area contributed by atoms with Crippen LogP contribution >= 0.6 is 27.5 Å². The number of aromatic hydroxyl groups is 1. The lowest BCUT2D eigenvalue weighted by atomic mass is 9.84. The molecule has 2 heterocycles. The summed E-state index contributed by atoms with van der Waals surface area (Å²) in [6.07, 6.45) is 0. The molecule has 1 aliphatic heterocycles. The van der Waals surface area contributed by atoms with Crippen molar-refractivity contribution >= 4 is 27.5 Å². The van der Waals surface area contributed by atoms with Crippen LogP contribution in [0, 0.1) is 18.3 Å². The van der Waals surface area contributed by atoms with Crippen molar-refractivity contribution in [3.8, 4) is 29.1 Å². The van der Waals surface area contributed by atoms with Gasteiger partial charge in [-0.1, -0.05) is 17.7 Å². The minimum Gasteiger partial charge on any atom is -0.503 e. The highest BCUT2D eigenvalue weighted by molar-refractivity contribution is 9.10. The number of hydrogen-bond donors (Lipinski definition) is 2. The Morgan fingerprint density at radius 1 is 1.37 bits per heavy atom. The van der Waals surface area contributed by atoms with E-state index in [4.69, 9.17) is 26.8 Å². The molecule has 152 valence electrons. The van der Waals surface area contributed by atoms with Gasteiger partial charge in [-0.05, 0) is 58.7 Å². The number of methoxy groups -OCH3 is 1. The fraction of sp³-hybridized carbons (Fsp3) is 0.143. The van der Waals surface area contributed by atoms with E-state index in [1.54, 1.807) is 28.9 Å². The van der Waals surface area contributed by atoms with Crippen molar-refractivity contribution in [1.82, 2.24) is 9.78 Å². The van der Waals surface area contributed by atoms with Crippen LogP contribution in [0.4, 0.5) is 0 Å². The monoisotopic (exact) mass is 486 g/mol. The summed E-state index contributed by atoms with van der Waals surface area (Å²) in [6, 6.07) is 12.7. The van der Waals surface area contributed by atoms with Crippen LogP contribution in [0.1, 0.15) is 22.7 Å². The van der Waals surface area contributed by atoms with E-state index < -0.39 is 5.92 Å². The quantitative estimate of drug-likeness (QED) is 0.562. The zero-order valence-electron chi connectivity index (χ0n) is 16.0. The van der Waals surface area contributed by atoms with Crippen molar-refractivity contribution in [3.63, 3.8) is 0 Å². The Bertz CT molecular complexity index is 1250. The van der Waals surface area contributed by atoms with Crippen LogP contribution in [0.5, 0.6) is 17.4 Å². The molecule has 4 rings (SSSR count). The maximum absolute atomic E-state index is 10.2. The van der Waals surface area contributed by atoms with Gasteiger partial charge in [-0.15, -0.1) is 0 Å². The number of benzene rings is 2. The highest BCUT2D eigenvalue weighted by atomic mass is 79.9. The number of rotatable bonds is 3. The average molecular weight is 488 g/mol. The molecule has 2 aromatic carbocycles. The molecule has 0 radical (unpaired) electrons. The van der Waals surface area contributed by atoms with Gasteiger partial charge in [-0.25, -0.2) is 4.68 Å². The number of ether oxygens (including phenoxy) is 2. The van der Waals surface area contributed by atoms with Gasteiger partial charge in [0, 0.05) is 5.02 Å². The van der Waals surface area contributed by atoms with E-state index in [9.17, 15) is 10.4 Å². The number of phenols is 1. The lowest BCUT2D eigenvalue weighted by Crippen LogP contribution is -2.22. The van der Waals surface area contributed by atoms with E-state index >= 15 is 0 Å². The van der Waals surface area contributed by atoms with E-state index in [0.717, 1.165) is 0 Å². The molecular weight excluding hydrogens is 472 g/mol. The number of allylic oxidation sites excluding steroid dienone is 1. The van der Waals surface area contributed by atoms with E-state index in [1.165, 1.54) is 7.11 Å². The fourth-order valence-corrected chi connectivity index (χ4v) is 4.19. The zero-order valence-corrected chi connectivity index (χ0v) is 18.3. The average Bonchev–Trinajstić information content (AvgIpc) is 3.05. The maximum atomic E-state index is 10.2. The Kier molecular flexibility index (Phi) is 5.10. The van der Waals surface area contributed by atoms with Crippen molar-refractivity contribution in [2.45, 2.75) is 12.8 Å². The Labute approximate surface area is 186 Å². The molecule has 3 N–H and O–H groups in total. The summed E-state index contributed by atoms with van der Waals surface area (Å²) in [5, 5.41) is 25.2. The van der Waals surface area contributed by atoms with E-state index in [1.807, 2.05) is 19.1 Å². The fourth-order valence-electron chi connectivity index (χ4n) is 3.55. The van der Waals surface area contributed by atoms with E-state index in [2.05, 4.69) is 27.1 Å². The highest BCUT2D eigenvalue weighted by Crippen LogP contribution is 2.47. The summed E-state index contributed by atoms with van der Waals surface area (Å²) in [5.41, 5.74) is 9.12. The van der Waals surface area contributed by atoms with Crippen molar-refractivity contribution < 1.29 is 14.6 Å². The van der Waals surface area contributed by atoms with Crippen molar-refractivity contribution in [3.05, 3.63) is 74.2 Å². The van der Waals surface area contributed by atoms with Crippen LogP contribution in [0.25, 0.3) is 5.69 Å². The van der Waals surface area contributed by atoms with E-state index in [-0.39, 0.29) is 23.0 Å². The number of halogens is 2. The van der Waals surface area contributed by atoms with Crippen LogP contribution in [0.3, 0.4) is 0 Å². The predicted molar refractivity (Wildman–Crippen MR) is 115 cm³/mol. The minimum absolute atomic E-state index is 0.0126. The molecule has 0 saturated heterocycles. The third kappa shape index (κ3) is 3.16. The summed E-state index contributed by atoms with van der Waals surface area (Å²) >= 11 is 9.49. The van der Waals surface area contributed by atoms with Gasteiger partial charge in [-0.2, -0.15) is 10.4 Å². The predicted octanol–water partition coefficient (Wildman–Crippen LogP) is 4.53. The van der Waals surface area contributed by atoms with Gasteiger partial charge in [0.15, 0.2) is 11.5 Å². The first-order chi connectivity index (χ1) is 14.3. The SMILES string of the molecule is COc1cc([C@H]2C(C#N)=C(N)Oc3c2c(C)nn3-c2cccc(Cl)c2)cc(Br)c1O. The molecule has 0 amide bonds. The molecule has 0 spiro atoms. The highest BCUT2D eigenvalue weighted by Gasteiger charge is 2.36. The third-order valence-electron chi connectivity index (χ3n) is 4.89. The first kappa shape index (κ1) is 20.1. The van der Waals surface area contributed by atoms with Crippen molar-refractivity contribution in [2.24, 2.45) is 5.73 Å². The Morgan fingerprint density at radius 2 is 2.13 bits per heavy atom. The largest absolute Gasteiger partial charge is 0.503 e. The van der Waals surface area contributed by atoms with Crippen LogP contribution < -0.4 is 15.2 Å². The minimum atomic E-state index is -0.558. The first-order valence-electron chi connectivity index (χ1n) is 8.85. The molecule has 1 atom stereocenters. The van der Waals surface area contributed by atoms with Gasteiger partial charge in [0.2, 0.25) is 11.8 Å². The lowest BCUT2D eigenvalue weighted by molar-refractivity contribution is 0.364. The van der Waals surface area contributed by atoms with Gasteiger partial charge in [0.25, 0.3) is 0 Å². The topological polar surface area (TPSA) is 106 Å². The summed E-state index contributed by atoms with van der Waals surface area (Å²) in [6.45, 7) is 1.83. The van der Waals surface area contributed by atoms with Gasteiger partial charge < -0.3 is 20.3 Å². The Balaban J connectivity index is 1.98. The summed E-state index contributed by atoms with van der Waals surface area (Å²) in [7, 11) is 1.46. The van der Waals surface area contributed by atoms with Gasteiger partial charge >= 0.3 is 0 Å². The second-order valence-electron chi connectivity index (χ2n) is 6.67. The summed E-state index contributed by atoms with van der Waals surface area (Å²) < 4.78 is 13.2. The zero-order chi connectivity index (χ0) is 21.6. The second-order valence-corrected chi connectivity index (χ2v) is 7.97. The molecule has 9 heteroatoms. The maximum Gasteiger partial charge on any atom is 0.229 e. The Morgan fingerprint density at radius 3 is 2.80 bits per heavy atom. The van der Waals surface area contributed by atoms with Crippen molar-refractivity contribution in [1.29, 1.82) is 5.26 Å². The number of aryl methyl sites for hydroxylation is 1. The van der Waals surface area contributed by atoms with Crippen LogP contribution in [0.15, 0.2) is 52.3 Å². The number of hydrogen-bond acceptors (Lipinski definition) is 6. The molecule has 30 heavy (non-hydrogen) atoms. The molecule has 0 aliphatic carbocycles. The molecule has 3 aromatic rings. The number of fused-ring (bicyclic) bond motifs is 1. The number of phenolic OH excluding ortho intramolecular Hbond substituents is 1. The van der Waals surface area contributed by atoms with Crippen molar-refractivity contribution in [2.75, 3.05) is 7.11 Å². The van der Waals surface area contributed by atoms with Crippen LogP contribution in [-0.4, -0.2) is 22.0 Å². The number of nitrogens with zero attached hydrogens (tertiary/aromatic N) is 3. The lowest BCUT2D eigenvalue weighted by Gasteiger charge is -2.25. The smallest absolute Gasteiger partial charge is 0.229 e. The molecule has 0 saturated carbocycles. The van der Waals surface area contributed by atoms with Crippen LogP contribution in [-0.2, 0) is 0 Å². The molecule has 0 bridgehead atoms. The standard InChI is InChI=1S/C21H16BrClN4O3/c1-10-17-18(11-6-15(22)19(28)16(7-11)29-2)14(9-24)20(25)30-21(17)27(26-10)13-5-3-4-12(23)8-13/h3-8,18,28H,25H2,1-2H3/t18-/m0/s1. The summed E-state index contributed by atoms with van der Waals surface area (Å²) in [4.78, 5) is 0. The number of aromatic nitrogens is 2. The molecule has 1 aliphatic rings. The summed E-state index contributed by atoms with van der Waals surface area (Å²) in [5.74, 6) is 0.0664. The molecule has 0 fully saturated rings. The molecule has 0 unspecified atom stereocenters. The number of nitrogens with two attached hydrogens (primary N) is 1. The molecule has 1 aromatic heterocycles. The van der Waals surface area contributed by atoms with Gasteiger partial charge in [0.05, 0.1) is 34.4 Å². The second kappa shape index (κ2) is 7.59. The molecule has 7 nitrogen and oxygen atoms in total.